The fraction of sp³-hybridized carbons (Fsp3) is 0.238. The maximum atomic E-state index is 13.1. The van der Waals surface area contributed by atoms with Gasteiger partial charge in [0, 0.05) is 38.2 Å². The fourth-order valence-corrected chi connectivity index (χ4v) is 2.72. The smallest absolute Gasteiger partial charge is 0.255 e. The van der Waals surface area contributed by atoms with E-state index < -0.39 is 0 Å². The van der Waals surface area contributed by atoms with E-state index in [9.17, 15) is 4.79 Å². The molecular formula is C21H22N6O. The number of carbonyl (C=O) groups excluding carboxylic acids is 1. The van der Waals surface area contributed by atoms with Crippen LogP contribution in [0.1, 0.15) is 21.5 Å². The van der Waals surface area contributed by atoms with Gasteiger partial charge in [-0.15, -0.1) is 0 Å². The molecule has 1 amide bonds. The van der Waals surface area contributed by atoms with Crippen molar-refractivity contribution in [2.24, 2.45) is 0 Å². The molecule has 3 rings (SSSR count). The summed E-state index contributed by atoms with van der Waals surface area (Å²) in [5.41, 5.74) is 2.12. The number of amides is 1. The first-order valence-electron chi connectivity index (χ1n) is 8.94. The van der Waals surface area contributed by atoms with E-state index >= 15 is 0 Å². The van der Waals surface area contributed by atoms with Crippen LogP contribution in [0.4, 0.5) is 0 Å². The van der Waals surface area contributed by atoms with Gasteiger partial charge in [0.05, 0.1) is 17.2 Å². The number of likely N-dealkylation sites (N-methyl/N-ethyl adjacent to an activating group) is 1. The van der Waals surface area contributed by atoms with Crippen molar-refractivity contribution in [2.45, 2.75) is 6.54 Å². The van der Waals surface area contributed by atoms with Gasteiger partial charge < -0.3 is 9.80 Å². The van der Waals surface area contributed by atoms with Gasteiger partial charge >= 0.3 is 0 Å². The van der Waals surface area contributed by atoms with E-state index in [0.717, 1.165) is 12.1 Å². The number of carbonyl (C=O) groups is 1. The van der Waals surface area contributed by atoms with Gasteiger partial charge in [0.1, 0.15) is 12.1 Å². The van der Waals surface area contributed by atoms with Crippen molar-refractivity contribution in [3.05, 3.63) is 78.0 Å². The minimum Gasteiger partial charge on any atom is -0.333 e. The summed E-state index contributed by atoms with van der Waals surface area (Å²) >= 11 is 0. The van der Waals surface area contributed by atoms with E-state index in [2.05, 4.69) is 16.0 Å². The second-order valence-corrected chi connectivity index (χ2v) is 6.71. The van der Waals surface area contributed by atoms with Crippen LogP contribution >= 0.6 is 0 Å². The first-order valence-corrected chi connectivity index (χ1v) is 8.94. The van der Waals surface area contributed by atoms with Gasteiger partial charge in [0.2, 0.25) is 0 Å². The first kappa shape index (κ1) is 19.3. The van der Waals surface area contributed by atoms with E-state index in [4.69, 9.17) is 5.26 Å². The number of nitrogens with zero attached hydrogens (tertiary/aromatic N) is 6. The Bertz CT molecular complexity index is 940. The van der Waals surface area contributed by atoms with Crippen LogP contribution in [0.5, 0.6) is 0 Å². The van der Waals surface area contributed by atoms with Crippen LogP contribution in [0, 0.1) is 11.3 Å². The lowest BCUT2D eigenvalue weighted by Crippen LogP contribution is -2.36. The summed E-state index contributed by atoms with van der Waals surface area (Å²) in [6.45, 7) is 1.82. The van der Waals surface area contributed by atoms with Crippen molar-refractivity contribution in [1.29, 1.82) is 5.26 Å². The minimum atomic E-state index is -0.0732. The van der Waals surface area contributed by atoms with Crippen LogP contribution in [-0.2, 0) is 6.54 Å². The second-order valence-electron chi connectivity index (χ2n) is 6.71. The maximum Gasteiger partial charge on any atom is 0.255 e. The Morgan fingerprint density at radius 1 is 1.14 bits per heavy atom. The molecule has 0 bridgehead atoms. The van der Waals surface area contributed by atoms with Crippen LogP contribution < -0.4 is 0 Å². The predicted molar refractivity (Wildman–Crippen MR) is 106 cm³/mol. The summed E-state index contributed by atoms with van der Waals surface area (Å²) in [7, 11) is 3.96. The summed E-state index contributed by atoms with van der Waals surface area (Å²) in [6.07, 6.45) is 6.75. The molecular weight excluding hydrogens is 352 g/mol. The summed E-state index contributed by atoms with van der Waals surface area (Å²) < 4.78 is 1.79. The molecule has 0 aliphatic heterocycles. The Labute approximate surface area is 164 Å². The van der Waals surface area contributed by atoms with Crippen molar-refractivity contribution in [2.75, 3.05) is 27.2 Å². The Hall–Kier alpha value is -3.50. The molecule has 0 atom stereocenters. The Balaban J connectivity index is 1.78. The number of imidazole rings is 1. The molecule has 0 aliphatic rings. The lowest BCUT2D eigenvalue weighted by molar-refractivity contribution is 0.0731. The molecule has 2 aromatic heterocycles. The maximum absolute atomic E-state index is 13.1. The molecule has 2 heterocycles. The van der Waals surface area contributed by atoms with Gasteiger partial charge in [0.25, 0.3) is 5.91 Å². The topological polar surface area (TPSA) is 78.0 Å². The average Bonchev–Trinajstić information content (AvgIpc) is 3.26. The Morgan fingerprint density at radius 3 is 2.50 bits per heavy atom. The van der Waals surface area contributed by atoms with Crippen molar-refractivity contribution < 1.29 is 4.79 Å². The van der Waals surface area contributed by atoms with E-state index in [0.29, 0.717) is 30.0 Å². The highest BCUT2D eigenvalue weighted by Gasteiger charge is 2.17. The largest absolute Gasteiger partial charge is 0.333 e. The molecule has 28 heavy (non-hydrogen) atoms. The van der Waals surface area contributed by atoms with E-state index in [-0.39, 0.29) is 5.91 Å². The quantitative estimate of drug-likeness (QED) is 0.634. The number of hydrogen-bond acceptors (Lipinski definition) is 5. The molecule has 7 heteroatoms. The molecule has 142 valence electrons. The molecule has 0 unspecified atom stereocenters. The summed E-state index contributed by atoms with van der Waals surface area (Å²) in [5, 5.41) is 8.95. The number of rotatable bonds is 7. The van der Waals surface area contributed by atoms with Crippen LogP contribution in [-0.4, -0.2) is 57.4 Å². The number of nitriles is 1. The molecule has 1 aromatic carbocycles. The third kappa shape index (κ3) is 4.81. The van der Waals surface area contributed by atoms with Crippen molar-refractivity contribution in [3.63, 3.8) is 0 Å². The summed E-state index contributed by atoms with van der Waals surface area (Å²) in [4.78, 5) is 25.3. The lowest BCUT2D eigenvalue weighted by Gasteiger charge is -2.24. The van der Waals surface area contributed by atoms with Gasteiger partial charge in [-0.3, -0.25) is 9.36 Å². The number of benzene rings is 1. The molecule has 0 N–H and O–H groups in total. The molecule has 3 aromatic rings. The third-order valence-corrected chi connectivity index (χ3v) is 4.32. The molecule has 0 spiro atoms. The zero-order valence-corrected chi connectivity index (χ0v) is 16.0. The standard InChI is InChI=1S/C21H22N6O/c1-25(2)11-12-26(15-18-5-3-17(13-22)4-6-18)21(28)19-7-8-20(24-14-19)27-10-9-23-16-27/h3-10,14,16H,11-12,15H2,1-2H3. The Kier molecular flexibility index (Phi) is 6.14. The first-order chi connectivity index (χ1) is 13.6. The zero-order valence-electron chi connectivity index (χ0n) is 16.0. The van der Waals surface area contributed by atoms with Gasteiger partial charge in [0.15, 0.2) is 0 Å². The highest BCUT2D eigenvalue weighted by atomic mass is 16.2. The van der Waals surface area contributed by atoms with Crippen molar-refractivity contribution in [3.8, 4) is 11.9 Å². The molecule has 0 fully saturated rings. The lowest BCUT2D eigenvalue weighted by atomic mass is 10.1. The zero-order chi connectivity index (χ0) is 19.9. The van der Waals surface area contributed by atoms with Gasteiger partial charge in [-0.2, -0.15) is 5.26 Å². The van der Waals surface area contributed by atoms with Crippen LogP contribution in [0.25, 0.3) is 5.82 Å². The molecule has 0 aliphatic carbocycles. The molecule has 7 nitrogen and oxygen atoms in total. The van der Waals surface area contributed by atoms with Crippen molar-refractivity contribution >= 4 is 5.91 Å². The van der Waals surface area contributed by atoms with Crippen LogP contribution in [0.3, 0.4) is 0 Å². The molecule has 0 radical (unpaired) electrons. The number of pyridine rings is 1. The summed E-state index contributed by atoms with van der Waals surface area (Å²) in [5.74, 6) is 0.636. The second kappa shape index (κ2) is 8.93. The SMILES string of the molecule is CN(C)CCN(Cc1ccc(C#N)cc1)C(=O)c1ccc(-n2ccnc2)nc1. The highest BCUT2D eigenvalue weighted by molar-refractivity contribution is 5.94. The van der Waals surface area contributed by atoms with Gasteiger partial charge in [-0.25, -0.2) is 9.97 Å². The van der Waals surface area contributed by atoms with Crippen LogP contribution in [0.15, 0.2) is 61.3 Å². The van der Waals surface area contributed by atoms with Crippen LogP contribution in [0.2, 0.25) is 0 Å². The molecule has 0 saturated heterocycles. The number of aromatic nitrogens is 3. The molecule has 0 saturated carbocycles. The van der Waals surface area contributed by atoms with E-state index in [1.54, 1.807) is 58.7 Å². The van der Waals surface area contributed by atoms with Gasteiger partial charge in [-0.05, 0) is 43.9 Å². The predicted octanol–water partition coefficient (Wildman–Crippen LogP) is 2.34. The van der Waals surface area contributed by atoms with E-state index in [1.807, 2.05) is 31.1 Å². The Morgan fingerprint density at radius 2 is 1.93 bits per heavy atom. The van der Waals surface area contributed by atoms with Crippen molar-refractivity contribution in [1.82, 2.24) is 24.3 Å². The highest BCUT2D eigenvalue weighted by Crippen LogP contribution is 2.12. The third-order valence-electron chi connectivity index (χ3n) is 4.32. The number of hydrogen-bond donors (Lipinski definition) is 0. The summed E-state index contributed by atoms with van der Waals surface area (Å²) in [6, 6.07) is 13.0. The monoisotopic (exact) mass is 374 g/mol. The van der Waals surface area contributed by atoms with E-state index in [1.165, 1.54) is 0 Å². The van der Waals surface area contributed by atoms with Gasteiger partial charge in [-0.1, -0.05) is 12.1 Å². The average molecular weight is 374 g/mol. The normalized spacial score (nSPS) is 10.6. The fourth-order valence-electron chi connectivity index (χ4n) is 2.72. The minimum absolute atomic E-state index is 0.0732.